The molecule has 194 valence electrons. The summed E-state index contributed by atoms with van der Waals surface area (Å²) in [7, 11) is 0. The van der Waals surface area contributed by atoms with Crippen LogP contribution in [-0.4, -0.2) is 46.3 Å². The third-order valence-corrected chi connectivity index (χ3v) is 14.3. The van der Waals surface area contributed by atoms with Crippen molar-refractivity contribution in [3.8, 4) is 0 Å². The molecule has 0 radical (unpaired) electrons. The van der Waals surface area contributed by atoms with Crippen LogP contribution in [0.1, 0.15) is 143 Å². The summed E-state index contributed by atoms with van der Waals surface area (Å²) in [6.07, 6.45) is 23.5. The van der Waals surface area contributed by atoms with Crippen LogP contribution in [0.15, 0.2) is 0 Å². The first-order chi connectivity index (χ1) is 15.8. The Labute approximate surface area is 210 Å². The maximum atomic E-state index is 6.60. The molecule has 0 aromatic heterocycles. The molecule has 32 heavy (non-hydrogen) atoms. The van der Waals surface area contributed by atoms with E-state index in [4.69, 9.17) is 12.5 Å². The molecule has 0 saturated heterocycles. The van der Waals surface area contributed by atoms with E-state index in [1.807, 2.05) is 0 Å². The van der Waals surface area contributed by atoms with Gasteiger partial charge in [-0.15, -0.1) is 0 Å². The summed E-state index contributed by atoms with van der Waals surface area (Å²) >= 11 is -1.82. The summed E-state index contributed by atoms with van der Waals surface area (Å²) in [5, 5.41) is 0. The average Bonchev–Trinajstić information content (AvgIpc) is 2.80. The van der Waals surface area contributed by atoms with Crippen molar-refractivity contribution in [3.05, 3.63) is 0 Å². The van der Waals surface area contributed by atoms with Gasteiger partial charge in [-0.25, -0.2) is 0 Å². The molecule has 0 amide bonds. The molecule has 0 heterocycles. The Bertz CT molecular complexity index is 315. The van der Waals surface area contributed by atoms with E-state index in [2.05, 4.69) is 27.7 Å². The van der Waals surface area contributed by atoms with Crippen molar-refractivity contribution >= 4 is 20.2 Å². The van der Waals surface area contributed by atoms with Crippen LogP contribution < -0.4 is 0 Å². The van der Waals surface area contributed by atoms with E-state index in [0.29, 0.717) is 0 Å². The number of rotatable bonds is 27. The SMILES string of the molecule is CCCCCCC[CH2][SnH]([CH2]CCCCCCC)[O]CCCC(OCCCC)OCCCC. The van der Waals surface area contributed by atoms with Gasteiger partial charge in [0.1, 0.15) is 0 Å². The first kappa shape index (κ1) is 32.7. The Balaban J connectivity index is 4.19. The first-order valence-electron chi connectivity index (χ1n) is 14.6. The Morgan fingerprint density at radius 1 is 0.469 bits per heavy atom. The Morgan fingerprint density at radius 3 is 1.38 bits per heavy atom. The van der Waals surface area contributed by atoms with Crippen molar-refractivity contribution in [3.63, 3.8) is 0 Å². The van der Waals surface area contributed by atoms with Crippen LogP contribution in [0.4, 0.5) is 0 Å². The van der Waals surface area contributed by atoms with Crippen molar-refractivity contribution < 1.29 is 12.5 Å². The monoisotopic (exact) mass is 564 g/mol. The molecule has 0 aromatic carbocycles. The second-order valence-corrected chi connectivity index (χ2v) is 17.4. The quantitative estimate of drug-likeness (QED) is 0.0567. The van der Waals surface area contributed by atoms with Crippen LogP contribution in [0.3, 0.4) is 0 Å². The standard InChI is InChI=1S/C12H25O3.2C8H17.Sn.H/c1-3-5-10-14-12(8-7-9-13)15-11-6-4-2;2*1-3-5-7-8-6-4-2;;/h12H,3-11H2,1-2H3;2*1,3-8H2,2H3;;/q-1;;;+1;. The number of hydrogen-bond donors (Lipinski definition) is 0. The Hall–Kier alpha value is 0.679. The third kappa shape index (κ3) is 23.8. The zero-order valence-corrected chi connectivity index (χ0v) is 25.9. The van der Waals surface area contributed by atoms with Crippen molar-refractivity contribution in [2.75, 3.05) is 19.8 Å². The van der Waals surface area contributed by atoms with Gasteiger partial charge in [0.15, 0.2) is 0 Å². The predicted octanol–water partition coefficient (Wildman–Crippen LogP) is 9.19. The van der Waals surface area contributed by atoms with Crippen molar-refractivity contribution in [1.82, 2.24) is 0 Å². The summed E-state index contributed by atoms with van der Waals surface area (Å²) in [6.45, 7) is 11.6. The molecule has 0 bridgehead atoms. The zero-order valence-electron chi connectivity index (χ0n) is 22.6. The molecule has 0 aromatic rings. The summed E-state index contributed by atoms with van der Waals surface area (Å²) in [5.41, 5.74) is 0. The van der Waals surface area contributed by atoms with Gasteiger partial charge in [0.05, 0.1) is 0 Å². The third-order valence-electron chi connectivity index (χ3n) is 6.30. The fourth-order valence-corrected chi connectivity index (χ4v) is 11.5. The maximum absolute atomic E-state index is 6.60. The molecule has 0 aliphatic rings. The van der Waals surface area contributed by atoms with E-state index in [-0.39, 0.29) is 6.29 Å². The molecule has 0 N–H and O–H groups in total. The van der Waals surface area contributed by atoms with Crippen LogP contribution in [0, 0.1) is 0 Å². The van der Waals surface area contributed by atoms with Gasteiger partial charge in [0.2, 0.25) is 0 Å². The van der Waals surface area contributed by atoms with Gasteiger partial charge < -0.3 is 0 Å². The minimum absolute atomic E-state index is 0.0255. The summed E-state index contributed by atoms with van der Waals surface area (Å²) < 4.78 is 21.5. The summed E-state index contributed by atoms with van der Waals surface area (Å²) in [4.78, 5) is 0. The van der Waals surface area contributed by atoms with E-state index in [9.17, 15) is 0 Å². The number of hydrogen-bond acceptors (Lipinski definition) is 3. The molecule has 4 heteroatoms. The van der Waals surface area contributed by atoms with E-state index in [0.717, 1.165) is 45.5 Å². The van der Waals surface area contributed by atoms with Crippen molar-refractivity contribution in [2.45, 2.75) is 158 Å². The molecule has 0 unspecified atom stereocenters. The van der Waals surface area contributed by atoms with Gasteiger partial charge in [0, 0.05) is 0 Å². The molecule has 0 aliphatic heterocycles. The van der Waals surface area contributed by atoms with Crippen LogP contribution in [-0.2, 0) is 12.5 Å². The van der Waals surface area contributed by atoms with Crippen LogP contribution in [0.2, 0.25) is 8.87 Å². The number of unbranched alkanes of at least 4 members (excludes halogenated alkanes) is 12. The van der Waals surface area contributed by atoms with Gasteiger partial charge in [-0.05, 0) is 0 Å². The van der Waals surface area contributed by atoms with E-state index in [1.165, 1.54) is 98.8 Å². The summed E-state index contributed by atoms with van der Waals surface area (Å²) in [5.74, 6) is 0. The molecule has 0 spiro atoms. The molecule has 0 rings (SSSR count). The van der Waals surface area contributed by atoms with E-state index >= 15 is 0 Å². The zero-order chi connectivity index (χ0) is 23.5. The van der Waals surface area contributed by atoms with E-state index < -0.39 is 20.2 Å². The fourth-order valence-electron chi connectivity index (χ4n) is 4.05. The van der Waals surface area contributed by atoms with Crippen LogP contribution >= 0.6 is 0 Å². The van der Waals surface area contributed by atoms with Gasteiger partial charge in [0.25, 0.3) is 0 Å². The van der Waals surface area contributed by atoms with E-state index in [1.54, 1.807) is 0 Å². The first-order valence-corrected chi connectivity index (χ1v) is 20.6. The predicted molar refractivity (Wildman–Crippen MR) is 144 cm³/mol. The Kier molecular flexibility index (Phi) is 28.5. The second kappa shape index (κ2) is 27.9. The molecule has 0 atom stereocenters. The minimum atomic E-state index is -1.82. The second-order valence-electron chi connectivity index (χ2n) is 9.63. The fraction of sp³-hybridized carbons (Fsp3) is 1.00. The van der Waals surface area contributed by atoms with Crippen molar-refractivity contribution in [2.24, 2.45) is 0 Å². The van der Waals surface area contributed by atoms with Crippen LogP contribution in [0.25, 0.3) is 0 Å². The molecule has 0 fully saturated rings. The average molecular weight is 563 g/mol. The Morgan fingerprint density at radius 2 is 0.906 bits per heavy atom. The normalized spacial score (nSPS) is 11.8. The van der Waals surface area contributed by atoms with Gasteiger partial charge in [-0.1, -0.05) is 0 Å². The summed E-state index contributed by atoms with van der Waals surface area (Å²) in [6, 6.07) is 0. The topological polar surface area (TPSA) is 27.7 Å². The van der Waals surface area contributed by atoms with Gasteiger partial charge in [-0.2, -0.15) is 0 Å². The van der Waals surface area contributed by atoms with Gasteiger partial charge in [-0.3, -0.25) is 0 Å². The number of ether oxygens (including phenoxy) is 2. The molecule has 0 aliphatic carbocycles. The molecule has 3 nitrogen and oxygen atoms in total. The van der Waals surface area contributed by atoms with Crippen LogP contribution in [0.5, 0.6) is 0 Å². The molecule has 0 saturated carbocycles. The molecular formula is C28H60O3Sn. The molecular weight excluding hydrogens is 503 g/mol. The van der Waals surface area contributed by atoms with Gasteiger partial charge >= 0.3 is 211 Å². The van der Waals surface area contributed by atoms with Crippen molar-refractivity contribution in [1.29, 1.82) is 0 Å².